The van der Waals surface area contributed by atoms with E-state index in [1.165, 1.54) is 12.0 Å². The average molecular weight is 406 g/mol. The minimum Gasteiger partial charge on any atom is -0.472 e. The lowest BCUT2D eigenvalue weighted by atomic mass is 9.49. The summed E-state index contributed by atoms with van der Waals surface area (Å²) in [5, 5.41) is 3.27. The largest absolute Gasteiger partial charge is 0.472 e. The Morgan fingerprint density at radius 1 is 1.10 bits per heavy atom. The summed E-state index contributed by atoms with van der Waals surface area (Å²) < 4.78 is 5.27. The number of nitrogens with one attached hydrogen (secondary N) is 1. The van der Waals surface area contributed by atoms with Crippen molar-refractivity contribution in [1.29, 1.82) is 0 Å². The summed E-state index contributed by atoms with van der Waals surface area (Å²) in [6.45, 7) is 7.59. The summed E-state index contributed by atoms with van der Waals surface area (Å²) in [7, 11) is 0. The molecule has 4 rings (SSSR count). The van der Waals surface area contributed by atoms with Gasteiger partial charge in [-0.1, -0.05) is 61.7 Å². The normalized spacial score (nSPS) is 28.8. The summed E-state index contributed by atoms with van der Waals surface area (Å²) in [4.78, 5) is 13.5. The number of rotatable bonds is 6. The van der Waals surface area contributed by atoms with E-state index >= 15 is 0 Å². The first-order valence-corrected chi connectivity index (χ1v) is 11.5. The van der Waals surface area contributed by atoms with Gasteiger partial charge in [0.05, 0.1) is 17.9 Å². The van der Waals surface area contributed by atoms with Gasteiger partial charge in [-0.15, -0.1) is 0 Å². The lowest BCUT2D eigenvalue weighted by molar-refractivity contribution is -0.140. The highest BCUT2D eigenvalue weighted by Gasteiger charge is 2.54. The zero-order valence-corrected chi connectivity index (χ0v) is 18.7. The molecule has 3 nitrogen and oxygen atoms in total. The topological polar surface area (TPSA) is 42.2 Å². The smallest absolute Gasteiger partial charge is 0.226 e. The molecule has 0 aliphatic heterocycles. The van der Waals surface area contributed by atoms with Gasteiger partial charge in [-0.2, -0.15) is 0 Å². The number of hydrogen-bond acceptors (Lipinski definition) is 2. The van der Waals surface area contributed by atoms with Gasteiger partial charge in [0.15, 0.2) is 0 Å². The molecule has 0 bridgehead atoms. The lowest BCUT2D eigenvalue weighted by Crippen LogP contribution is -2.53. The second-order valence-electron chi connectivity index (χ2n) is 9.84. The molecular weight excluding hydrogens is 370 g/mol. The van der Waals surface area contributed by atoms with Crippen LogP contribution in [0.15, 0.2) is 64.5 Å². The van der Waals surface area contributed by atoms with E-state index in [9.17, 15) is 4.79 Å². The molecule has 160 valence electrons. The summed E-state index contributed by atoms with van der Waals surface area (Å²) >= 11 is 0. The van der Waals surface area contributed by atoms with Crippen LogP contribution in [0.2, 0.25) is 0 Å². The number of carbonyl (C=O) groups excluding carboxylic acids is 1. The van der Waals surface area contributed by atoms with E-state index in [4.69, 9.17) is 4.42 Å². The maximum Gasteiger partial charge on any atom is 0.226 e. The standard InChI is InChI=1S/C27H35NO2/c1-20-10-13-24-26(2,23(20)12-11-22-14-17-30-19-22)15-7-16-27(24,3)25(29)28-18-21-8-5-4-6-9-21/h4-6,8-9,14,17,19,24H,7,10-13,15-16,18H2,1-3H3,(H,28,29)/t24-,26-,27+/m1/s1. The third-order valence-electron chi connectivity index (χ3n) is 8.00. The molecule has 1 aromatic carbocycles. The van der Waals surface area contributed by atoms with Crippen molar-refractivity contribution < 1.29 is 9.21 Å². The Kier molecular flexibility index (Phi) is 5.90. The monoisotopic (exact) mass is 405 g/mol. The van der Waals surface area contributed by atoms with Gasteiger partial charge in [-0.05, 0) is 74.0 Å². The van der Waals surface area contributed by atoms with Crippen LogP contribution in [0.1, 0.15) is 70.4 Å². The SMILES string of the molecule is CC1=C(CCc2ccoc2)[C@@]2(C)CCC[C@](C)(C(=O)NCc3ccccc3)[C@@H]2CC1. The summed E-state index contributed by atoms with van der Waals surface area (Å²) in [6, 6.07) is 12.3. The first-order valence-electron chi connectivity index (χ1n) is 11.5. The zero-order chi connectivity index (χ0) is 21.2. The van der Waals surface area contributed by atoms with Gasteiger partial charge in [0.25, 0.3) is 0 Å². The van der Waals surface area contributed by atoms with Crippen molar-refractivity contribution in [2.24, 2.45) is 16.7 Å². The predicted octanol–water partition coefficient (Wildman–Crippen LogP) is 6.45. The second-order valence-corrected chi connectivity index (χ2v) is 9.84. The quantitative estimate of drug-likeness (QED) is 0.561. The fourth-order valence-corrected chi connectivity index (χ4v) is 6.33. The first kappa shape index (κ1) is 21.0. The van der Waals surface area contributed by atoms with Crippen molar-refractivity contribution >= 4 is 5.91 Å². The van der Waals surface area contributed by atoms with Crippen molar-refractivity contribution in [3.8, 4) is 0 Å². The van der Waals surface area contributed by atoms with Crippen LogP contribution >= 0.6 is 0 Å². The molecule has 1 amide bonds. The molecule has 1 aromatic heterocycles. The number of carbonyl (C=O) groups is 1. The van der Waals surface area contributed by atoms with Crippen LogP contribution in [-0.2, 0) is 17.8 Å². The van der Waals surface area contributed by atoms with E-state index in [1.54, 1.807) is 17.4 Å². The number of furan rings is 1. The number of amides is 1. The molecule has 1 fully saturated rings. The van der Waals surface area contributed by atoms with Crippen LogP contribution in [0.5, 0.6) is 0 Å². The molecule has 30 heavy (non-hydrogen) atoms. The van der Waals surface area contributed by atoms with Crippen LogP contribution in [0, 0.1) is 16.7 Å². The minimum atomic E-state index is -0.302. The van der Waals surface area contributed by atoms with Gasteiger partial charge in [0.1, 0.15) is 0 Å². The van der Waals surface area contributed by atoms with E-state index in [2.05, 4.69) is 44.3 Å². The van der Waals surface area contributed by atoms with Crippen molar-refractivity contribution in [3.63, 3.8) is 0 Å². The zero-order valence-electron chi connectivity index (χ0n) is 18.7. The van der Waals surface area contributed by atoms with Crippen LogP contribution in [0.4, 0.5) is 0 Å². The fraction of sp³-hybridized carbons (Fsp3) is 0.519. The van der Waals surface area contributed by atoms with E-state index in [0.717, 1.165) is 44.1 Å². The molecule has 2 aromatic rings. The fourth-order valence-electron chi connectivity index (χ4n) is 6.33. The van der Waals surface area contributed by atoms with Gasteiger partial charge in [0.2, 0.25) is 5.91 Å². The molecule has 0 unspecified atom stereocenters. The molecule has 2 aliphatic rings. The summed E-state index contributed by atoms with van der Waals surface area (Å²) in [6.07, 6.45) is 11.2. The number of hydrogen-bond donors (Lipinski definition) is 1. The molecule has 1 heterocycles. The van der Waals surface area contributed by atoms with Crippen molar-refractivity contribution in [1.82, 2.24) is 5.32 Å². The Morgan fingerprint density at radius 2 is 1.90 bits per heavy atom. The average Bonchev–Trinajstić information content (AvgIpc) is 3.25. The minimum absolute atomic E-state index is 0.114. The molecule has 2 aliphatic carbocycles. The maximum absolute atomic E-state index is 13.5. The molecule has 1 saturated carbocycles. The molecule has 3 atom stereocenters. The lowest BCUT2D eigenvalue weighted by Gasteiger charge is -2.55. The van der Waals surface area contributed by atoms with Crippen LogP contribution in [0.3, 0.4) is 0 Å². The Bertz CT molecular complexity index is 898. The highest BCUT2D eigenvalue weighted by molar-refractivity contribution is 5.83. The number of fused-ring (bicyclic) bond motifs is 1. The van der Waals surface area contributed by atoms with Gasteiger partial charge in [0, 0.05) is 6.54 Å². The molecule has 0 saturated heterocycles. The number of benzene rings is 1. The Labute approximate surface area is 180 Å². The second kappa shape index (κ2) is 8.45. The van der Waals surface area contributed by atoms with E-state index in [1.807, 2.05) is 24.5 Å². The molecule has 1 N–H and O–H groups in total. The van der Waals surface area contributed by atoms with Crippen LogP contribution < -0.4 is 5.32 Å². The van der Waals surface area contributed by atoms with Crippen molar-refractivity contribution in [2.45, 2.75) is 72.3 Å². The number of allylic oxidation sites excluding steroid dienone is 2. The van der Waals surface area contributed by atoms with Crippen molar-refractivity contribution in [3.05, 3.63) is 71.2 Å². The molecule has 0 spiro atoms. The third kappa shape index (κ3) is 3.87. The molecule has 0 radical (unpaired) electrons. The Morgan fingerprint density at radius 3 is 2.63 bits per heavy atom. The third-order valence-corrected chi connectivity index (χ3v) is 8.00. The maximum atomic E-state index is 13.5. The van der Waals surface area contributed by atoms with E-state index < -0.39 is 0 Å². The van der Waals surface area contributed by atoms with Gasteiger partial charge in [-0.3, -0.25) is 4.79 Å². The van der Waals surface area contributed by atoms with Crippen molar-refractivity contribution in [2.75, 3.05) is 0 Å². The van der Waals surface area contributed by atoms with Crippen LogP contribution in [0.25, 0.3) is 0 Å². The highest BCUT2D eigenvalue weighted by atomic mass is 16.3. The molecular formula is C27H35NO2. The Balaban J connectivity index is 1.53. The predicted molar refractivity (Wildman–Crippen MR) is 121 cm³/mol. The highest BCUT2D eigenvalue weighted by Crippen LogP contribution is 2.60. The Hall–Kier alpha value is -2.29. The van der Waals surface area contributed by atoms with E-state index in [0.29, 0.717) is 12.5 Å². The number of aryl methyl sites for hydroxylation is 1. The van der Waals surface area contributed by atoms with Gasteiger partial charge >= 0.3 is 0 Å². The van der Waals surface area contributed by atoms with Gasteiger partial charge < -0.3 is 9.73 Å². The summed E-state index contributed by atoms with van der Waals surface area (Å²) in [5.41, 5.74) is 5.38. The van der Waals surface area contributed by atoms with E-state index in [-0.39, 0.29) is 16.7 Å². The van der Waals surface area contributed by atoms with Gasteiger partial charge in [-0.25, -0.2) is 0 Å². The molecule has 3 heteroatoms. The van der Waals surface area contributed by atoms with Crippen LogP contribution in [-0.4, -0.2) is 5.91 Å². The summed E-state index contributed by atoms with van der Waals surface area (Å²) in [5.74, 6) is 0.633. The first-order chi connectivity index (χ1) is 14.4.